The summed E-state index contributed by atoms with van der Waals surface area (Å²) in [5.74, 6) is 1.14. The first-order valence-electron chi connectivity index (χ1n) is 10.4. The Morgan fingerprint density at radius 2 is 2.03 bits per heavy atom. The number of rotatable bonds is 6. The van der Waals surface area contributed by atoms with E-state index < -0.39 is 5.82 Å². The van der Waals surface area contributed by atoms with E-state index in [1.54, 1.807) is 21.4 Å². The Morgan fingerprint density at radius 1 is 1.21 bits per heavy atom. The Balaban J connectivity index is 1.60. The fraction of sp³-hybridized carbons (Fsp3) is 0.261. The summed E-state index contributed by atoms with van der Waals surface area (Å²) in [7, 11) is 0. The van der Waals surface area contributed by atoms with Gasteiger partial charge in [-0.15, -0.1) is 0 Å². The number of hydrogen-bond acceptors (Lipinski definition) is 6. The van der Waals surface area contributed by atoms with Gasteiger partial charge in [0, 0.05) is 22.9 Å². The van der Waals surface area contributed by atoms with Gasteiger partial charge >= 0.3 is 0 Å². The SMILES string of the molecule is CCn1nc(C)c2nc(SCc3c(F)cccc3Cl)n(Cc3ccc4c(c3)OCO4)c(=O)c21. The van der Waals surface area contributed by atoms with Crippen LogP contribution in [0.15, 0.2) is 46.3 Å². The number of nitrogens with zero attached hydrogens (tertiary/aromatic N) is 4. The van der Waals surface area contributed by atoms with Crippen molar-refractivity contribution in [2.75, 3.05) is 6.79 Å². The lowest BCUT2D eigenvalue weighted by molar-refractivity contribution is 0.174. The molecule has 7 nitrogen and oxygen atoms in total. The van der Waals surface area contributed by atoms with Crippen molar-refractivity contribution < 1.29 is 13.9 Å². The van der Waals surface area contributed by atoms with E-state index in [0.717, 1.165) is 5.56 Å². The largest absolute Gasteiger partial charge is 0.454 e. The summed E-state index contributed by atoms with van der Waals surface area (Å²) in [5.41, 5.74) is 2.68. The zero-order valence-electron chi connectivity index (χ0n) is 18.0. The molecule has 0 radical (unpaired) electrons. The molecule has 2 aromatic carbocycles. The summed E-state index contributed by atoms with van der Waals surface area (Å²) in [6.45, 7) is 4.73. The molecular weight excluding hydrogens is 467 g/mol. The van der Waals surface area contributed by atoms with E-state index in [4.69, 9.17) is 26.1 Å². The Kier molecular flexibility index (Phi) is 5.76. The van der Waals surface area contributed by atoms with E-state index in [0.29, 0.717) is 50.5 Å². The molecule has 2 aromatic heterocycles. The average molecular weight is 487 g/mol. The molecule has 0 amide bonds. The molecule has 0 saturated heterocycles. The summed E-state index contributed by atoms with van der Waals surface area (Å²) in [6, 6.07) is 10.1. The third kappa shape index (κ3) is 3.95. The maximum Gasteiger partial charge on any atom is 0.280 e. The van der Waals surface area contributed by atoms with E-state index in [1.165, 1.54) is 17.8 Å². The van der Waals surface area contributed by atoms with Crippen molar-refractivity contribution in [2.45, 2.75) is 37.8 Å². The highest BCUT2D eigenvalue weighted by Crippen LogP contribution is 2.33. The van der Waals surface area contributed by atoms with Crippen molar-refractivity contribution in [2.24, 2.45) is 0 Å². The fourth-order valence-corrected chi connectivity index (χ4v) is 5.13. The number of ether oxygens (including phenoxy) is 2. The van der Waals surface area contributed by atoms with Crippen LogP contribution in [0.4, 0.5) is 4.39 Å². The van der Waals surface area contributed by atoms with Crippen molar-refractivity contribution in [1.29, 1.82) is 0 Å². The molecule has 0 spiro atoms. The van der Waals surface area contributed by atoms with E-state index >= 15 is 0 Å². The number of benzene rings is 2. The molecule has 0 unspecified atom stereocenters. The molecule has 0 N–H and O–H groups in total. The van der Waals surface area contributed by atoms with Crippen LogP contribution in [0.3, 0.4) is 0 Å². The summed E-state index contributed by atoms with van der Waals surface area (Å²) >= 11 is 7.47. The molecule has 0 saturated carbocycles. The van der Waals surface area contributed by atoms with Gasteiger partial charge in [-0.25, -0.2) is 9.37 Å². The third-order valence-corrected chi connectivity index (χ3v) is 6.82. The molecule has 5 rings (SSSR count). The van der Waals surface area contributed by atoms with Crippen LogP contribution in [-0.2, 0) is 18.8 Å². The number of aryl methyl sites for hydroxylation is 2. The molecule has 33 heavy (non-hydrogen) atoms. The number of halogens is 2. The van der Waals surface area contributed by atoms with Gasteiger partial charge in [0.1, 0.15) is 11.3 Å². The van der Waals surface area contributed by atoms with Gasteiger partial charge in [0.05, 0.1) is 12.2 Å². The van der Waals surface area contributed by atoms with Gasteiger partial charge in [0.2, 0.25) is 6.79 Å². The molecule has 0 aliphatic carbocycles. The summed E-state index contributed by atoms with van der Waals surface area (Å²) in [6.07, 6.45) is 0. The van der Waals surface area contributed by atoms with Gasteiger partial charge in [-0.3, -0.25) is 14.0 Å². The lowest BCUT2D eigenvalue weighted by Gasteiger charge is -2.14. The van der Waals surface area contributed by atoms with Gasteiger partial charge in [-0.05, 0) is 43.7 Å². The van der Waals surface area contributed by atoms with Gasteiger partial charge in [-0.1, -0.05) is 35.5 Å². The molecular formula is C23H20ClFN4O3S. The van der Waals surface area contributed by atoms with E-state index in [1.807, 2.05) is 32.0 Å². The van der Waals surface area contributed by atoms with Crippen molar-refractivity contribution in [3.63, 3.8) is 0 Å². The number of thioether (sulfide) groups is 1. The quantitative estimate of drug-likeness (QED) is 0.288. The van der Waals surface area contributed by atoms with Crippen LogP contribution in [0.25, 0.3) is 11.0 Å². The minimum Gasteiger partial charge on any atom is -0.454 e. The van der Waals surface area contributed by atoms with Crippen LogP contribution in [0.2, 0.25) is 5.02 Å². The normalized spacial score (nSPS) is 12.6. The second-order valence-corrected chi connectivity index (χ2v) is 8.91. The van der Waals surface area contributed by atoms with Gasteiger partial charge in [0.15, 0.2) is 22.2 Å². The van der Waals surface area contributed by atoms with Gasteiger partial charge < -0.3 is 9.47 Å². The topological polar surface area (TPSA) is 71.2 Å². The number of fused-ring (bicyclic) bond motifs is 2. The lowest BCUT2D eigenvalue weighted by Crippen LogP contribution is -2.25. The maximum atomic E-state index is 14.3. The summed E-state index contributed by atoms with van der Waals surface area (Å²) < 4.78 is 28.5. The second-order valence-electron chi connectivity index (χ2n) is 7.56. The monoisotopic (exact) mass is 486 g/mol. The molecule has 1 aliphatic heterocycles. The van der Waals surface area contributed by atoms with Gasteiger partial charge in [-0.2, -0.15) is 5.10 Å². The Labute approximate surface area is 198 Å². The lowest BCUT2D eigenvalue weighted by atomic mass is 10.2. The van der Waals surface area contributed by atoms with E-state index in [-0.39, 0.29) is 24.6 Å². The highest BCUT2D eigenvalue weighted by atomic mass is 35.5. The van der Waals surface area contributed by atoms with E-state index in [2.05, 4.69) is 5.10 Å². The molecule has 3 heterocycles. The first-order valence-corrected chi connectivity index (χ1v) is 11.7. The van der Waals surface area contributed by atoms with Crippen molar-refractivity contribution in [1.82, 2.24) is 19.3 Å². The fourth-order valence-electron chi connectivity index (χ4n) is 3.80. The maximum absolute atomic E-state index is 14.3. The third-order valence-electron chi connectivity index (χ3n) is 5.47. The number of aromatic nitrogens is 4. The second kappa shape index (κ2) is 8.72. The van der Waals surface area contributed by atoms with E-state index in [9.17, 15) is 9.18 Å². The Hall–Kier alpha value is -3.04. The van der Waals surface area contributed by atoms with Crippen LogP contribution in [0, 0.1) is 12.7 Å². The van der Waals surface area contributed by atoms with Gasteiger partial charge in [0.25, 0.3) is 5.56 Å². The Bertz CT molecular complexity index is 1420. The van der Waals surface area contributed by atoms with Crippen molar-refractivity contribution >= 4 is 34.4 Å². The standard InChI is InChI=1S/C23H20ClFN4O3S/c1-3-29-21-20(13(2)27-29)26-23(33-11-15-16(24)5-4-6-17(15)25)28(22(21)30)10-14-7-8-18-19(9-14)32-12-31-18/h4-9H,3,10-12H2,1-2H3. The van der Waals surface area contributed by atoms with Crippen LogP contribution in [-0.4, -0.2) is 26.1 Å². The number of hydrogen-bond donors (Lipinski definition) is 0. The average Bonchev–Trinajstić information content (AvgIpc) is 3.39. The predicted molar refractivity (Wildman–Crippen MR) is 125 cm³/mol. The highest BCUT2D eigenvalue weighted by molar-refractivity contribution is 7.98. The molecule has 170 valence electrons. The smallest absolute Gasteiger partial charge is 0.280 e. The minimum absolute atomic E-state index is 0.172. The first kappa shape index (κ1) is 21.8. The molecule has 0 atom stereocenters. The van der Waals surface area contributed by atoms with Crippen LogP contribution in [0.1, 0.15) is 23.7 Å². The zero-order chi connectivity index (χ0) is 23.1. The zero-order valence-corrected chi connectivity index (χ0v) is 19.5. The highest BCUT2D eigenvalue weighted by Gasteiger charge is 2.20. The Morgan fingerprint density at radius 3 is 2.82 bits per heavy atom. The summed E-state index contributed by atoms with van der Waals surface area (Å²) in [5, 5.41) is 5.26. The van der Waals surface area contributed by atoms with Crippen LogP contribution >= 0.6 is 23.4 Å². The minimum atomic E-state index is -0.393. The van der Waals surface area contributed by atoms with Crippen LogP contribution in [0.5, 0.6) is 11.5 Å². The summed E-state index contributed by atoms with van der Waals surface area (Å²) in [4.78, 5) is 18.4. The molecule has 0 fully saturated rings. The predicted octanol–water partition coefficient (Wildman–Crippen LogP) is 4.78. The molecule has 0 bridgehead atoms. The van der Waals surface area contributed by atoms with Crippen LogP contribution < -0.4 is 15.0 Å². The van der Waals surface area contributed by atoms with Crippen molar-refractivity contribution in [3.05, 3.63) is 74.4 Å². The van der Waals surface area contributed by atoms with Crippen molar-refractivity contribution in [3.8, 4) is 11.5 Å². The molecule has 1 aliphatic rings. The molecule has 10 heteroatoms. The first-order chi connectivity index (χ1) is 16.0. The molecule has 4 aromatic rings.